The van der Waals surface area contributed by atoms with E-state index in [1.807, 2.05) is 49.4 Å². The normalized spacial score (nSPS) is 12.3. The van der Waals surface area contributed by atoms with E-state index in [1.54, 1.807) is 24.3 Å². The van der Waals surface area contributed by atoms with Crippen molar-refractivity contribution in [2.45, 2.75) is 19.8 Å². The molecule has 4 rings (SSSR count). The molecule has 6 heteroatoms. The van der Waals surface area contributed by atoms with Gasteiger partial charge in [-0.05, 0) is 71.9 Å². The average Bonchev–Trinajstić information content (AvgIpc) is 3.25. The van der Waals surface area contributed by atoms with Gasteiger partial charge in [-0.1, -0.05) is 73.3 Å². The Bertz CT molecular complexity index is 1420. The molecule has 198 valence electrons. The van der Waals surface area contributed by atoms with Crippen molar-refractivity contribution in [3.8, 4) is 11.1 Å². The van der Waals surface area contributed by atoms with Crippen LogP contribution in [0.4, 0.5) is 11.4 Å². The second kappa shape index (κ2) is 13.1. The van der Waals surface area contributed by atoms with Crippen LogP contribution in [0.25, 0.3) is 16.7 Å². The molecule has 5 N–H and O–H groups in total. The Hall–Kier alpha value is -4.84. The molecule has 0 atom stereocenters. The van der Waals surface area contributed by atoms with E-state index in [-0.39, 0.29) is 11.8 Å². The van der Waals surface area contributed by atoms with Gasteiger partial charge in [-0.25, -0.2) is 0 Å². The number of para-hydroxylation sites is 2. The fraction of sp³-hybridized carbons (Fsp3) is 0.152. The molecule has 1 aliphatic rings. The highest BCUT2D eigenvalue weighted by molar-refractivity contribution is 6.08. The van der Waals surface area contributed by atoms with E-state index in [0.717, 1.165) is 41.8 Å². The van der Waals surface area contributed by atoms with Gasteiger partial charge in [0.25, 0.3) is 5.91 Å². The lowest BCUT2D eigenvalue weighted by atomic mass is 10.0. The number of hydrogen-bond acceptors (Lipinski definition) is 4. The van der Waals surface area contributed by atoms with Crippen LogP contribution < -0.4 is 21.7 Å². The molecular formula is C33H34N4O2. The molecule has 0 unspecified atom stereocenters. The van der Waals surface area contributed by atoms with E-state index < -0.39 is 0 Å². The van der Waals surface area contributed by atoms with Gasteiger partial charge in [-0.2, -0.15) is 0 Å². The van der Waals surface area contributed by atoms with E-state index in [2.05, 4.69) is 46.8 Å². The van der Waals surface area contributed by atoms with Gasteiger partial charge in [0, 0.05) is 30.4 Å². The summed E-state index contributed by atoms with van der Waals surface area (Å²) in [5.74, 6) is -0.361. The quantitative estimate of drug-likeness (QED) is 0.0870. The molecule has 0 saturated heterocycles. The molecule has 6 nitrogen and oxygen atoms in total. The van der Waals surface area contributed by atoms with Crippen LogP contribution in [0.3, 0.4) is 0 Å². The zero-order valence-electron chi connectivity index (χ0n) is 22.2. The largest absolute Gasteiger partial charge is 0.397 e. The number of nitrogens with one attached hydrogen (secondary N) is 3. The zero-order chi connectivity index (χ0) is 27.6. The Labute approximate surface area is 230 Å². The first-order chi connectivity index (χ1) is 19.0. The first kappa shape index (κ1) is 27.2. The predicted molar refractivity (Wildman–Crippen MR) is 161 cm³/mol. The molecule has 0 saturated carbocycles. The molecule has 0 aliphatic heterocycles. The molecular weight excluding hydrogens is 484 g/mol. The molecule has 3 aromatic rings. The van der Waals surface area contributed by atoms with Gasteiger partial charge in [0.2, 0.25) is 5.91 Å². The van der Waals surface area contributed by atoms with Crippen LogP contribution in [0.1, 0.15) is 30.9 Å². The number of nitrogen functional groups attached to an aromatic ring is 1. The molecule has 0 fully saturated rings. The van der Waals surface area contributed by atoms with Crippen LogP contribution in [-0.2, 0) is 9.59 Å². The SMILES string of the molecule is C=C/C(=C\C=C(/C)NCCCCNC(=O)C=C1c2ccccc2-c2ccccc21)C(=O)Nc1ccccc1N. The number of hydrogen-bond donors (Lipinski definition) is 4. The van der Waals surface area contributed by atoms with Crippen molar-refractivity contribution >= 4 is 28.8 Å². The van der Waals surface area contributed by atoms with Gasteiger partial charge in [-0.15, -0.1) is 0 Å². The summed E-state index contributed by atoms with van der Waals surface area (Å²) in [5, 5.41) is 9.15. The van der Waals surface area contributed by atoms with E-state index in [0.29, 0.717) is 23.5 Å². The van der Waals surface area contributed by atoms with Crippen molar-refractivity contribution in [1.82, 2.24) is 10.6 Å². The van der Waals surface area contributed by atoms with Crippen molar-refractivity contribution in [2.75, 3.05) is 24.1 Å². The summed E-state index contributed by atoms with van der Waals surface area (Å²) >= 11 is 0. The number of carbonyl (C=O) groups is 2. The molecule has 39 heavy (non-hydrogen) atoms. The molecule has 2 amide bonds. The summed E-state index contributed by atoms with van der Waals surface area (Å²) in [6.07, 6.45) is 8.52. The van der Waals surface area contributed by atoms with Crippen LogP contribution in [0.5, 0.6) is 0 Å². The Morgan fingerprint density at radius 1 is 0.795 bits per heavy atom. The maximum Gasteiger partial charge on any atom is 0.255 e. The molecule has 0 heterocycles. The average molecular weight is 519 g/mol. The van der Waals surface area contributed by atoms with Gasteiger partial charge >= 0.3 is 0 Å². The molecule has 0 aromatic heterocycles. The third-order valence-corrected chi connectivity index (χ3v) is 6.51. The summed E-state index contributed by atoms with van der Waals surface area (Å²) in [6, 6.07) is 23.5. The Morgan fingerprint density at radius 2 is 1.36 bits per heavy atom. The van der Waals surface area contributed by atoms with Gasteiger partial charge in [0.1, 0.15) is 0 Å². The number of benzene rings is 3. The number of unbranched alkanes of at least 4 members (excludes halogenated alkanes) is 1. The molecule has 3 aromatic carbocycles. The summed E-state index contributed by atoms with van der Waals surface area (Å²) in [7, 11) is 0. The Balaban J connectivity index is 1.21. The van der Waals surface area contributed by atoms with Crippen LogP contribution in [0, 0.1) is 0 Å². The predicted octanol–water partition coefficient (Wildman–Crippen LogP) is 5.82. The molecule has 0 bridgehead atoms. The third-order valence-electron chi connectivity index (χ3n) is 6.51. The van der Waals surface area contributed by atoms with Crippen molar-refractivity contribution in [1.29, 1.82) is 0 Å². The van der Waals surface area contributed by atoms with E-state index in [9.17, 15) is 9.59 Å². The minimum absolute atomic E-state index is 0.0850. The summed E-state index contributed by atoms with van der Waals surface area (Å²) in [4.78, 5) is 25.2. The van der Waals surface area contributed by atoms with Gasteiger partial charge in [0.05, 0.1) is 11.4 Å². The van der Waals surface area contributed by atoms with Crippen LogP contribution >= 0.6 is 0 Å². The highest BCUT2D eigenvalue weighted by atomic mass is 16.2. The topological polar surface area (TPSA) is 96.2 Å². The van der Waals surface area contributed by atoms with Gasteiger partial charge in [0.15, 0.2) is 0 Å². The minimum atomic E-state index is -0.276. The highest BCUT2D eigenvalue weighted by Crippen LogP contribution is 2.43. The summed E-state index contributed by atoms with van der Waals surface area (Å²) in [6.45, 7) is 7.03. The van der Waals surface area contributed by atoms with E-state index in [1.165, 1.54) is 17.2 Å². The molecule has 0 spiro atoms. The maximum absolute atomic E-state index is 12.7. The second-order valence-corrected chi connectivity index (χ2v) is 9.29. The van der Waals surface area contributed by atoms with Crippen molar-refractivity contribution in [2.24, 2.45) is 0 Å². The van der Waals surface area contributed by atoms with Crippen molar-refractivity contribution in [3.63, 3.8) is 0 Å². The minimum Gasteiger partial charge on any atom is -0.397 e. The lowest BCUT2D eigenvalue weighted by Crippen LogP contribution is -2.23. The molecule has 0 radical (unpaired) electrons. The fourth-order valence-corrected chi connectivity index (χ4v) is 4.45. The van der Waals surface area contributed by atoms with Crippen molar-refractivity contribution < 1.29 is 9.59 Å². The molecule has 1 aliphatic carbocycles. The van der Waals surface area contributed by atoms with Gasteiger partial charge < -0.3 is 21.7 Å². The lowest BCUT2D eigenvalue weighted by Gasteiger charge is -2.09. The fourth-order valence-electron chi connectivity index (χ4n) is 4.45. The van der Waals surface area contributed by atoms with E-state index in [4.69, 9.17) is 5.73 Å². The number of carbonyl (C=O) groups excluding carboxylic acids is 2. The van der Waals surface area contributed by atoms with Crippen LogP contribution in [-0.4, -0.2) is 24.9 Å². The number of nitrogens with two attached hydrogens (primary N) is 1. The smallest absolute Gasteiger partial charge is 0.255 e. The highest BCUT2D eigenvalue weighted by Gasteiger charge is 2.22. The number of amides is 2. The van der Waals surface area contributed by atoms with Crippen molar-refractivity contribution in [3.05, 3.63) is 126 Å². The van der Waals surface area contributed by atoms with E-state index >= 15 is 0 Å². The second-order valence-electron chi connectivity index (χ2n) is 9.29. The lowest BCUT2D eigenvalue weighted by molar-refractivity contribution is -0.116. The van der Waals surface area contributed by atoms with Crippen LogP contribution in [0.2, 0.25) is 0 Å². The Kier molecular flexibility index (Phi) is 9.14. The summed E-state index contributed by atoms with van der Waals surface area (Å²) in [5.41, 5.74) is 13.8. The number of fused-ring (bicyclic) bond motifs is 3. The Morgan fingerprint density at radius 3 is 1.97 bits per heavy atom. The number of allylic oxidation sites excluding steroid dienone is 3. The third kappa shape index (κ3) is 6.93. The standard InChI is InChI=1S/C33H34N4O2/c1-3-24(33(39)37-31-17-9-8-16-30(31)34)19-18-23(2)35-20-10-11-21-36-32(38)22-29-27-14-6-4-12-25(27)26-13-5-7-15-28(26)29/h3-9,12-19,22,35H,1,10-11,20-21,34H2,2H3,(H,36,38)(H,37,39)/b23-18+,24-19+. The maximum atomic E-state index is 12.7. The number of rotatable bonds is 11. The van der Waals surface area contributed by atoms with Crippen LogP contribution in [0.15, 0.2) is 115 Å². The first-order valence-electron chi connectivity index (χ1n) is 13.1. The summed E-state index contributed by atoms with van der Waals surface area (Å²) < 4.78 is 0. The zero-order valence-corrected chi connectivity index (χ0v) is 22.2. The first-order valence-corrected chi connectivity index (χ1v) is 13.1. The number of anilines is 2. The monoisotopic (exact) mass is 518 g/mol. The van der Waals surface area contributed by atoms with Gasteiger partial charge in [-0.3, -0.25) is 9.59 Å².